The lowest BCUT2D eigenvalue weighted by molar-refractivity contribution is -0.332. The van der Waals surface area contributed by atoms with Crippen LogP contribution in [0.5, 0.6) is 0 Å². The van der Waals surface area contributed by atoms with Gasteiger partial charge in [0.25, 0.3) is 0 Å². The lowest BCUT2D eigenvalue weighted by Crippen LogP contribution is -2.61. The molecule has 77 heavy (non-hydrogen) atoms. The van der Waals surface area contributed by atoms with E-state index in [1.807, 2.05) is 0 Å². The summed E-state index contributed by atoms with van der Waals surface area (Å²) in [7, 11) is 0. The minimum atomic E-state index is -1.72. The predicted molar refractivity (Wildman–Crippen MR) is 307 cm³/mol. The van der Waals surface area contributed by atoms with Crippen LogP contribution in [-0.4, -0.2) is 142 Å². The lowest BCUT2D eigenvalue weighted by Gasteiger charge is -2.42. The molecule has 0 aromatic heterocycles. The fourth-order valence-electron chi connectivity index (χ4n) is 8.60. The summed E-state index contributed by atoms with van der Waals surface area (Å²) in [6.45, 7) is 3.40. The van der Waals surface area contributed by atoms with Gasteiger partial charge in [0.2, 0.25) is 0 Å². The average molecular weight is 1090 g/mol. The minimum absolute atomic E-state index is 0.0406. The number of allylic oxidation sites excluding steroid dienone is 18. The van der Waals surface area contributed by atoms with Gasteiger partial charge in [-0.25, -0.2) is 0 Å². The molecule has 14 nitrogen and oxygen atoms in total. The monoisotopic (exact) mass is 1080 g/mol. The largest absolute Gasteiger partial charge is 0.457 e. The number of hydrogen-bond acceptors (Lipinski definition) is 14. The van der Waals surface area contributed by atoms with Crippen molar-refractivity contribution in [2.75, 3.05) is 33.0 Å². The van der Waals surface area contributed by atoms with E-state index in [1.165, 1.54) is 32.1 Å². The predicted octanol–water partition coefficient (Wildman–Crippen LogP) is 10.7. The third-order valence-electron chi connectivity index (χ3n) is 13.3. The number of carbonyl (C=O) groups is 1. The highest BCUT2D eigenvalue weighted by atomic mass is 16.7. The van der Waals surface area contributed by atoms with Crippen molar-refractivity contribution >= 4 is 5.97 Å². The number of esters is 1. The van der Waals surface area contributed by atoms with Crippen LogP contribution in [0.15, 0.2) is 109 Å². The van der Waals surface area contributed by atoms with Crippen LogP contribution in [-0.2, 0) is 33.2 Å². The first-order chi connectivity index (χ1) is 37.6. The molecule has 11 unspecified atom stereocenters. The second-order valence-corrected chi connectivity index (χ2v) is 20.1. The molecule has 2 fully saturated rings. The zero-order valence-corrected chi connectivity index (χ0v) is 47.2. The topological polar surface area (TPSA) is 214 Å². The van der Waals surface area contributed by atoms with E-state index in [0.29, 0.717) is 13.0 Å². The van der Waals surface area contributed by atoms with Gasteiger partial charge in [0.05, 0.1) is 26.4 Å². The van der Waals surface area contributed by atoms with E-state index in [0.717, 1.165) is 122 Å². The van der Waals surface area contributed by atoms with E-state index in [4.69, 9.17) is 28.4 Å². The van der Waals surface area contributed by atoms with Gasteiger partial charge in [0, 0.05) is 13.0 Å². The summed E-state index contributed by atoms with van der Waals surface area (Å²) in [6.07, 6.45) is 49.9. The molecule has 11 atom stereocenters. The maximum Gasteiger partial charge on any atom is 0.306 e. The molecule has 2 aliphatic heterocycles. The Labute approximate surface area is 464 Å². The summed E-state index contributed by atoms with van der Waals surface area (Å²) in [5, 5.41) is 72.4. The van der Waals surface area contributed by atoms with Gasteiger partial charge in [0.15, 0.2) is 12.6 Å². The normalized spacial score (nSPS) is 25.1. The van der Waals surface area contributed by atoms with Gasteiger partial charge in [-0.15, -0.1) is 0 Å². The highest BCUT2D eigenvalue weighted by Gasteiger charge is 2.47. The van der Waals surface area contributed by atoms with Crippen LogP contribution in [0.1, 0.15) is 181 Å². The summed E-state index contributed by atoms with van der Waals surface area (Å²) in [4.78, 5) is 13.1. The fraction of sp³-hybridized carbons (Fsp3) is 0.698. The molecule has 0 aromatic rings. The fourth-order valence-corrected chi connectivity index (χ4v) is 8.60. The van der Waals surface area contributed by atoms with Crippen molar-refractivity contribution in [1.82, 2.24) is 0 Å². The van der Waals surface area contributed by atoms with Crippen LogP contribution in [0.25, 0.3) is 0 Å². The standard InChI is InChI=1S/C63H104O14/c1-3-5-7-9-11-13-15-17-19-21-23-25-27-29-31-33-35-37-39-41-43-45-47-72-49-52(50-73-62-61(71)59(69)57(67)54(77-62)51-74-63-60(70)58(68)56(66)53(48-64)76-63)75-55(65)46-44-42-40-38-36-34-32-30-28-26-24-22-20-18-16-14-12-10-8-6-4-2/h5-8,11-14,17-20,23-26,29,31,52-54,56-64,66-71H,3-4,9-10,15-16,21-22,27-28,30,32-51H2,1-2H3/b7-5-,8-6-,13-11-,14-12-,19-17-,20-18-,25-23-,26-24-,31-29-. The molecule has 7 N–H and O–H groups in total. The molecule has 14 heteroatoms. The third-order valence-corrected chi connectivity index (χ3v) is 13.3. The summed E-state index contributed by atoms with van der Waals surface area (Å²) in [5.74, 6) is -0.394. The smallest absolute Gasteiger partial charge is 0.306 e. The summed E-state index contributed by atoms with van der Waals surface area (Å²) in [5.41, 5.74) is 0. The Morgan fingerprint density at radius 1 is 0.429 bits per heavy atom. The second kappa shape index (κ2) is 48.5. The first kappa shape index (κ1) is 69.8. The van der Waals surface area contributed by atoms with Gasteiger partial charge >= 0.3 is 5.97 Å². The summed E-state index contributed by atoms with van der Waals surface area (Å²) in [6, 6.07) is 0. The van der Waals surface area contributed by atoms with Crippen molar-refractivity contribution in [2.24, 2.45) is 0 Å². The Kier molecular flexibility index (Phi) is 44.0. The molecular weight excluding hydrogens is 981 g/mol. The van der Waals surface area contributed by atoms with Crippen molar-refractivity contribution < 1.29 is 69.0 Å². The Morgan fingerprint density at radius 2 is 0.805 bits per heavy atom. The van der Waals surface area contributed by atoms with Crippen LogP contribution in [0, 0.1) is 0 Å². The molecule has 2 heterocycles. The number of ether oxygens (including phenoxy) is 6. The summed E-state index contributed by atoms with van der Waals surface area (Å²) >= 11 is 0. The van der Waals surface area contributed by atoms with E-state index < -0.39 is 86.7 Å². The molecule has 0 aromatic carbocycles. The second-order valence-electron chi connectivity index (χ2n) is 20.1. The number of hydrogen-bond donors (Lipinski definition) is 7. The van der Waals surface area contributed by atoms with E-state index in [1.54, 1.807) is 0 Å². The minimum Gasteiger partial charge on any atom is -0.457 e. The molecule has 0 spiro atoms. The van der Waals surface area contributed by atoms with E-state index in [9.17, 15) is 40.5 Å². The van der Waals surface area contributed by atoms with Crippen molar-refractivity contribution in [2.45, 2.75) is 248 Å². The number of aliphatic hydroxyl groups is 7. The van der Waals surface area contributed by atoms with Gasteiger partial charge in [-0.1, -0.05) is 187 Å². The molecule has 0 aliphatic carbocycles. The molecule has 0 amide bonds. The summed E-state index contributed by atoms with van der Waals surface area (Å²) < 4.78 is 34.4. The Morgan fingerprint density at radius 3 is 1.26 bits per heavy atom. The highest BCUT2D eigenvalue weighted by molar-refractivity contribution is 5.69. The average Bonchev–Trinajstić information content (AvgIpc) is 3.43. The van der Waals surface area contributed by atoms with Crippen LogP contribution < -0.4 is 0 Å². The maximum atomic E-state index is 13.1. The Balaban J connectivity index is 1.73. The molecule has 440 valence electrons. The number of carbonyl (C=O) groups excluding carboxylic acids is 1. The molecule has 0 bridgehead atoms. The van der Waals surface area contributed by atoms with Gasteiger partial charge in [-0.05, 0) is 96.3 Å². The van der Waals surface area contributed by atoms with Crippen LogP contribution in [0.2, 0.25) is 0 Å². The van der Waals surface area contributed by atoms with Crippen molar-refractivity contribution in [3.05, 3.63) is 109 Å². The lowest BCUT2D eigenvalue weighted by atomic mass is 9.98. The number of unbranched alkanes of at least 4 members (excludes halogenated alkanes) is 14. The van der Waals surface area contributed by atoms with Crippen molar-refractivity contribution in [3.8, 4) is 0 Å². The third kappa shape index (κ3) is 35.1. The molecule has 2 rings (SSSR count). The first-order valence-electron chi connectivity index (χ1n) is 29.5. The Hall–Kier alpha value is -3.35. The zero-order valence-electron chi connectivity index (χ0n) is 47.2. The quantitative estimate of drug-likeness (QED) is 0.0172. The highest BCUT2D eigenvalue weighted by Crippen LogP contribution is 2.26. The SMILES string of the molecule is CC/C=C\C/C=C\C/C=C\C/C=C\C/C=C\CCCCCCCCOCC(COC1OC(COC2OC(CO)C(O)C(O)C2O)C(O)C(O)C1O)OC(=O)CCCCCCCCCC/C=C\C/C=C\C/C=C\C/C=C\CC. The molecule has 2 aliphatic rings. The number of aliphatic hydroxyl groups excluding tert-OH is 7. The van der Waals surface area contributed by atoms with Crippen molar-refractivity contribution in [3.63, 3.8) is 0 Å². The Bertz CT molecular complexity index is 1690. The van der Waals surface area contributed by atoms with Gasteiger partial charge in [-0.3, -0.25) is 4.79 Å². The van der Waals surface area contributed by atoms with Gasteiger partial charge in [-0.2, -0.15) is 0 Å². The van der Waals surface area contributed by atoms with Gasteiger partial charge < -0.3 is 64.2 Å². The maximum absolute atomic E-state index is 13.1. The van der Waals surface area contributed by atoms with Gasteiger partial charge in [0.1, 0.15) is 54.9 Å². The van der Waals surface area contributed by atoms with E-state index in [-0.39, 0.29) is 19.6 Å². The van der Waals surface area contributed by atoms with Crippen LogP contribution in [0.3, 0.4) is 0 Å². The molecule has 0 radical (unpaired) electrons. The molecule has 0 saturated carbocycles. The number of rotatable bonds is 46. The van der Waals surface area contributed by atoms with Crippen LogP contribution in [0.4, 0.5) is 0 Å². The van der Waals surface area contributed by atoms with E-state index >= 15 is 0 Å². The molecule has 2 saturated heterocycles. The van der Waals surface area contributed by atoms with Crippen molar-refractivity contribution in [1.29, 1.82) is 0 Å². The van der Waals surface area contributed by atoms with Crippen LogP contribution >= 0.6 is 0 Å². The zero-order chi connectivity index (χ0) is 55.8. The first-order valence-corrected chi connectivity index (χ1v) is 29.5. The molecular formula is C63H104O14. The van der Waals surface area contributed by atoms with E-state index in [2.05, 4.69) is 123 Å².